The Hall–Kier alpha value is -1.93. The fourth-order valence-corrected chi connectivity index (χ4v) is 9.78. The van der Waals surface area contributed by atoms with E-state index in [0.29, 0.717) is 35.5 Å². The largest absolute Gasteiger partial charge is 0.352 e. The van der Waals surface area contributed by atoms with Crippen molar-refractivity contribution in [1.82, 2.24) is 14.5 Å². The summed E-state index contributed by atoms with van der Waals surface area (Å²) in [7, 11) is 0.730. The number of halogens is 1. The number of nitrogens with one attached hydrogen (secondary N) is 1. The van der Waals surface area contributed by atoms with Gasteiger partial charge in [-0.05, 0) is 111 Å². The fraction of sp³-hybridized carbons (Fsp3) is 0.618. The lowest BCUT2D eigenvalue weighted by atomic mass is 9.45. The van der Waals surface area contributed by atoms with E-state index in [1.165, 1.54) is 21.9 Å². The van der Waals surface area contributed by atoms with Crippen LogP contribution in [0.5, 0.6) is 0 Å². The highest BCUT2D eigenvalue weighted by molar-refractivity contribution is 7.89. The number of carbonyl (C=O) groups excluding carboxylic acids is 1. The lowest BCUT2D eigenvalue weighted by Crippen LogP contribution is -2.61. The Kier molecular flexibility index (Phi) is 9.44. The van der Waals surface area contributed by atoms with Crippen LogP contribution in [0.3, 0.4) is 0 Å². The van der Waals surface area contributed by atoms with Crippen molar-refractivity contribution in [1.29, 1.82) is 0 Å². The Morgan fingerprint density at radius 2 is 1.81 bits per heavy atom. The second-order valence-corrected chi connectivity index (χ2v) is 16.5. The molecule has 1 saturated heterocycles. The van der Waals surface area contributed by atoms with Crippen molar-refractivity contribution in [3.63, 3.8) is 0 Å². The maximum Gasteiger partial charge on any atom is 0.238 e. The van der Waals surface area contributed by atoms with Crippen molar-refractivity contribution < 1.29 is 13.2 Å². The average molecular weight is 614 g/mol. The third-order valence-electron chi connectivity index (χ3n) is 10.6. The Morgan fingerprint density at radius 1 is 1.10 bits per heavy atom. The topological polar surface area (TPSA) is 69.7 Å². The SMILES string of the molecule is C[C@@H]1[C@@H](NC(=O)C2CCS(=O)(=O)N2Cc2cccc(CC[C@@H](Cc3ccc(Cl)cc3)CN(C)C)c2)C[C@H]2C[C@@H]1C2(C)C. The van der Waals surface area contributed by atoms with E-state index >= 15 is 0 Å². The molecule has 2 aromatic carbocycles. The molecular formula is C34H48ClN3O3S. The molecule has 4 fully saturated rings. The van der Waals surface area contributed by atoms with Gasteiger partial charge in [0.2, 0.25) is 15.9 Å². The minimum atomic E-state index is -3.49. The van der Waals surface area contributed by atoms with Gasteiger partial charge in [0.05, 0.1) is 5.75 Å². The van der Waals surface area contributed by atoms with E-state index in [1.807, 2.05) is 24.3 Å². The van der Waals surface area contributed by atoms with Crippen LogP contribution < -0.4 is 5.32 Å². The first-order valence-electron chi connectivity index (χ1n) is 15.6. The minimum Gasteiger partial charge on any atom is -0.352 e. The van der Waals surface area contributed by atoms with Crippen LogP contribution in [-0.4, -0.2) is 62.0 Å². The van der Waals surface area contributed by atoms with Crippen LogP contribution in [0.4, 0.5) is 0 Å². The number of carbonyl (C=O) groups is 1. The molecule has 8 heteroatoms. The summed E-state index contributed by atoms with van der Waals surface area (Å²) in [6.07, 6.45) is 5.51. The smallest absolute Gasteiger partial charge is 0.238 e. The molecule has 0 spiro atoms. The number of hydrogen-bond acceptors (Lipinski definition) is 4. The molecule has 4 aliphatic rings. The number of amides is 1. The molecule has 3 aliphatic carbocycles. The van der Waals surface area contributed by atoms with E-state index < -0.39 is 16.1 Å². The zero-order valence-corrected chi connectivity index (χ0v) is 27.4. The molecule has 2 bridgehead atoms. The van der Waals surface area contributed by atoms with Gasteiger partial charge in [-0.3, -0.25) is 4.79 Å². The van der Waals surface area contributed by atoms with Gasteiger partial charge in [0.15, 0.2) is 0 Å². The summed E-state index contributed by atoms with van der Waals surface area (Å²) in [6.45, 7) is 8.17. The maximum atomic E-state index is 13.5. The van der Waals surface area contributed by atoms with E-state index in [-0.39, 0.29) is 24.2 Å². The monoisotopic (exact) mass is 613 g/mol. The van der Waals surface area contributed by atoms with Gasteiger partial charge in [-0.2, -0.15) is 4.31 Å². The van der Waals surface area contributed by atoms with E-state index in [4.69, 9.17) is 11.6 Å². The Balaban J connectivity index is 1.22. The first kappa shape index (κ1) is 31.5. The highest BCUT2D eigenvalue weighted by Crippen LogP contribution is 2.61. The number of aryl methyl sites for hydroxylation is 1. The van der Waals surface area contributed by atoms with Crippen LogP contribution in [-0.2, 0) is 34.2 Å². The molecular weight excluding hydrogens is 566 g/mol. The molecule has 1 unspecified atom stereocenters. The number of benzene rings is 2. The van der Waals surface area contributed by atoms with Crippen LogP contribution in [0.2, 0.25) is 5.02 Å². The van der Waals surface area contributed by atoms with Gasteiger partial charge in [0.1, 0.15) is 6.04 Å². The van der Waals surface area contributed by atoms with Crippen molar-refractivity contribution in [3.05, 3.63) is 70.2 Å². The van der Waals surface area contributed by atoms with Crippen molar-refractivity contribution in [2.45, 2.75) is 77.9 Å². The molecule has 1 N–H and O–H groups in total. The lowest BCUT2D eigenvalue weighted by Gasteiger charge is -2.62. The Morgan fingerprint density at radius 3 is 2.48 bits per heavy atom. The van der Waals surface area contributed by atoms with Gasteiger partial charge < -0.3 is 10.2 Å². The first-order chi connectivity index (χ1) is 19.8. The number of hydrogen-bond donors (Lipinski definition) is 1. The second kappa shape index (κ2) is 12.6. The number of nitrogens with zero attached hydrogens (tertiary/aromatic N) is 2. The van der Waals surface area contributed by atoms with Gasteiger partial charge in [-0.1, -0.05) is 68.8 Å². The fourth-order valence-electron chi connectivity index (χ4n) is 7.97. The van der Waals surface area contributed by atoms with Gasteiger partial charge in [0, 0.05) is 24.2 Å². The van der Waals surface area contributed by atoms with E-state index in [2.05, 4.69) is 69.3 Å². The predicted molar refractivity (Wildman–Crippen MR) is 171 cm³/mol. The minimum absolute atomic E-state index is 0.0280. The maximum absolute atomic E-state index is 13.5. The summed E-state index contributed by atoms with van der Waals surface area (Å²) >= 11 is 6.09. The highest BCUT2D eigenvalue weighted by atomic mass is 35.5. The molecule has 0 radical (unpaired) electrons. The highest BCUT2D eigenvalue weighted by Gasteiger charge is 2.56. The summed E-state index contributed by atoms with van der Waals surface area (Å²) in [5.41, 5.74) is 3.76. The zero-order valence-electron chi connectivity index (χ0n) is 25.9. The van der Waals surface area contributed by atoms with Crippen LogP contribution in [0.25, 0.3) is 0 Å². The Bertz CT molecular complexity index is 1360. The molecule has 3 saturated carbocycles. The number of rotatable bonds is 11. The molecule has 0 aromatic heterocycles. The summed E-state index contributed by atoms with van der Waals surface area (Å²) in [4.78, 5) is 15.7. The summed E-state index contributed by atoms with van der Waals surface area (Å²) in [6, 6.07) is 15.8. The summed E-state index contributed by atoms with van der Waals surface area (Å²) in [5, 5.41) is 4.04. The molecule has 6 nitrogen and oxygen atoms in total. The van der Waals surface area contributed by atoms with E-state index in [9.17, 15) is 13.2 Å². The molecule has 6 rings (SSSR count). The number of fused-ring (bicyclic) bond motifs is 2. The van der Waals surface area contributed by atoms with Gasteiger partial charge >= 0.3 is 0 Å². The van der Waals surface area contributed by atoms with Crippen LogP contribution in [0, 0.1) is 29.1 Å². The van der Waals surface area contributed by atoms with Crippen LogP contribution in [0.15, 0.2) is 48.5 Å². The summed E-state index contributed by atoms with van der Waals surface area (Å²) in [5.74, 6) is 2.05. The molecule has 2 aromatic rings. The lowest BCUT2D eigenvalue weighted by molar-refractivity contribution is -0.136. The van der Waals surface area contributed by atoms with E-state index in [0.717, 1.165) is 42.8 Å². The van der Waals surface area contributed by atoms with Crippen molar-refractivity contribution in [2.24, 2.45) is 29.1 Å². The third-order valence-corrected chi connectivity index (χ3v) is 12.7. The van der Waals surface area contributed by atoms with Gasteiger partial charge in [-0.15, -0.1) is 0 Å². The Labute approximate surface area is 258 Å². The van der Waals surface area contributed by atoms with Gasteiger partial charge in [0.25, 0.3) is 0 Å². The third kappa shape index (κ3) is 6.90. The average Bonchev–Trinajstić information content (AvgIpc) is 3.23. The second-order valence-electron chi connectivity index (χ2n) is 14.1. The summed E-state index contributed by atoms with van der Waals surface area (Å²) < 4.78 is 27.7. The molecule has 1 heterocycles. The molecule has 6 atom stereocenters. The van der Waals surface area contributed by atoms with Gasteiger partial charge in [-0.25, -0.2) is 8.42 Å². The van der Waals surface area contributed by atoms with Crippen molar-refractivity contribution in [2.75, 3.05) is 26.4 Å². The normalized spacial score (nSPS) is 28.8. The standard InChI is InChI=1S/C34H48ClN3O3S/c1-23-30-19-28(34(30,2)3)20-31(23)36-33(39)32-15-16-42(40,41)38(32)22-26-8-6-7-24(17-26)9-10-27(21-37(4)5)18-25-11-13-29(35)14-12-25/h6-8,11-14,17,23,27-28,30-32H,9-10,15-16,18-22H2,1-5H3,(H,36,39)/t23-,27-,28+,30-,31-,32?/m0/s1. The predicted octanol–water partition coefficient (Wildman–Crippen LogP) is 5.78. The van der Waals surface area contributed by atoms with Crippen LogP contribution in [0.1, 0.15) is 63.1 Å². The first-order valence-corrected chi connectivity index (χ1v) is 17.6. The molecule has 1 amide bonds. The van der Waals surface area contributed by atoms with Crippen molar-refractivity contribution >= 4 is 27.5 Å². The molecule has 42 heavy (non-hydrogen) atoms. The van der Waals surface area contributed by atoms with E-state index in [1.54, 1.807) is 0 Å². The molecule has 1 aliphatic heterocycles. The number of sulfonamides is 1. The van der Waals surface area contributed by atoms with Crippen molar-refractivity contribution in [3.8, 4) is 0 Å². The van der Waals surface area contributed by atoms with Crippen LogP contribution >= 0.6 is 11.6 Å². The quantitative estimate of drug-likeness (QED) is 0.349. The zero-order chi connectivity index (χ0) is 30.2. The molecule has 230 valence electrons.